The number of benzene rings is 2. The van der Waals surface area contributed by atoms with E-state index < -0.39 is 0 Å². The lowest BCUT2D eigenvalue weighted by molar-refractivity contribution is -0.125. The second-order valence-corrected chi connectivity index (χ2v) is 7.78. The van der Waals surface area contributed by atoms with Gasteiger partial charge in [-0.1, -0.05) is 49.4 Å². The third kappa shape index (κ3) is 3.75. The van der Waals surface area contributed by atoms with Gasteiger partial charge in [0.05, 0.1) is 11.0 Å². The molecule has 0 radical (unpaired) electrons. The van der Waals surface area contributed by atoms with Crippen LogP contribution in [-0.2, 0) is 11.8 Å². The molecule has 0 unspecified atom stereocenters. The number of nitrogens with one attached hydrogen (secondary N) is 1. The molecule has 146 valence electrons. The number of para-hydroxylation sites is 2. The normalized spacial score (nSPS) is 16.3. The van der Waals surface area contributed by atoms with Crippen LogP contribution in [0.2, 0.25) is 0 Å². The van der Waals surface area contributed by atoms with E-state index in [4.69, 9.17) is 4.98 Å². The Labute approximate surface area is 166 Å². The summed E-state index contributed by atoms with van der Waals surface area (Å²) in [5, 5.41) is 3.16. The lowest BCUT2D eigenvalue weighted by Gasteiger charge is -2.32. The number of aryl methyl sites for hydroxylation is 1. The number of piperidine rings is 1. The topological polar surface area (TPSA) is 50.2 Å². The standard InChI is InChI=1S/C23H28N4O/c1-17(18-8-4-3-5-9-18)16-24-22(28)19-12-14-27(15-13-19)23-25-20-10-6-7-11-21(20)26(23)2/h3-11,17,19H,12-16H2,1-2H3,(H,24,28)/t17-/m1/s1. The van der Waals surface area contributed by atoms with Crippen molar-refractivity contribution in [3.05, 3.63) is 60.2 Å². The summed E-state index contributed by atoms with van der Waals surface area (Å²) in [6.45, 7) is 4.57. The first-order chi connectivity index (χ1) is 13.6. The molecule has 0 bridgehead atoms. The first-order valence-electron chi connectivity index (χ1n) is 10.1. The highest BCUT2D eigenvalue weighted by atomic mass is 16.1. The van der Waals surface area contributed by atoms with Crippen LogP contribution in [0.15, 0.2) is 54.6 Å². The van der Waals surface area contributed by atoms with E-state index in [-0.39, 0.29) is 11.8 Å². The van der Waals surface area contributed by atoms with Crippen molar-refractivity contribution in [2.45, 2.75) is 25.7 Å². The number of fused-ring (bicyclic) bond motifs is 1. The van der Waals surface area contributed by atoms with Crippen molar-refractivity contribution in [1.82, 2.24) is 14.9 Å². The summed E-state index contributed by atoms with van der Waals surface area (Å²) >= 11 is 0. The van der Waals surface area contributed by atoms with Gasteiger partial charge in [-0.25, -0.2) is 4.98 Å². The minimum atomic E-state index is 0.0916. The van der Waals surface area contributed by atoms with Gasteiger partial charge in [0.25, 0.3) is 0 Å². The molecule has 1 amide bonds. The van der Waals surface area contributed by atoms with Gasteiger partial charge < -0.3 is 14.8 Å². The number of rotatable bonds is 5. The summed E-state index contributed by atoms with van der Waals surface area (Å²) in [7, 11) is 2.06. The summed E-state index contributed by atoms with van der Waals surface area (Å²) in [6, 6.07) is 18.6. The maximum absolute atomic E-state index is 12.6. The van der Waals surface area contributed by atoms with E-state index in [1.165, 1.54) is 5.56 Å². The van der Waals surface area contributed by atoms with E-state index in [1.807, 2.05) is 36.4 Å². The molecule has 1 fully saturated rings. The van der Waals surface area contributed by atoms with Crippen LogP contribution in [0.3, 0.4) is 0 Å². The molecular formula is C23H28N4O. The number of hydrogen-bond acceptors (Lipinski definition) is 3. The first kappa shape index (κ1) is 18.5. The van der Waals surface area contributed by atoms with E-state index >= 15 is 0 Å². The predicted octanol–water partition coefficient (Wildman–Crippen LogP) is 3.71. The van der Waals surface area contributed by atoms with Crippen LogP contribution < -0.4 is 10.2 Å². The third-order valence-electron chi connectivity index (χ3n) is 5.86. The molecule has 0 saturated carbocycles. The minimum absolute atomic E-state index is 0.0916. The summed E-state index contributed by atoms with van der Waals surface area (Å²) in [5.41, 5.74) is 3.43. The highest BCUT2D eigenvalue weighted by molar-refractivity contribution is 5.80. The number of carbonyl (C=O) groups excluding carboxylic acids is 1. The van der Waals surface area contributed by atoms with Crippen molar-refractivity contribution < 1.29 is 4.79 Å². The van der Waals surface area contributed by atoms with Gasteiger partial charge in [0, 0.05) is 32.6 Å². The molecule has 5 nitrogen and oxygen atoms in total. The van der Waals surface area contributed by atoms with Crippen LogP contribution in [0.1, 0.15) is 31.2 Å². The average Bonchev–Trinajstić information content (AvgIpc) is 3.09. The Morgan fingerprint density at radius 1 is 1.11 bits per heavy atom. The van der Waals surface area contributed by atoms with Gasteiger partial charge in [-0.05, 0) is 36.5 Å². The van der Waals surface area contributed by atoms with Crippen LogP contribution >= 0.6 is 0 Å². The van der Waals surface area contributed by atoms with Crippen molar-refractivity contribution in [1.29, 1.82) is 0 Å². The Hall–Kier alpha value is -2.82. The van der Waals surface area contributed by atoms with Crippen LogP contribution in [0.5, 0.6) is 0 Å². The van der Waals surface area contributed by atoms with Crippen molar-refractivity contribution >= 4 is 22.9 Å². The fraction of sp³-hybridized carbons (Fsp3) is 0.391. The third-order valence-corrected chi connectivity index (χ3v) is 5.86. The molecule has 1 aliphatic rings. The molecule has 1 N–H and O–H groups in total. The maximum atomic E-state index is 12.6. The van der Waals surface area contributed by atoms with Crippen LogP contribution in [0.4, 0.5) is 5.95 Å². The summed E-state index contributed by atoms with van der Waals surface area (Å²) in [4.78, 5) is 19.7. The van der Waals surface area contributed by atoms with Crippen LogP contribution in [0.25, 0.3) is 11.0 Å². The van der Waals surface area contributed by atoms with Gasteiger partial charge in [0.2, 0.25) is 11.9 Å². The zero-order chi connectivity index (χ0) is 19.5. The zero-order valence-electron chi connectivity index (χ0n) is 16.6. The lowest BCUT2D eigenvalue weighted by atomic mass is 9.95. The maximum Gasteiger partial charge on any atom is 0.223 e. The van der Waals surface area contributed by atoms with Crippen molar-refractivity contribution in [3.8, 4) is 0 Å². The summed E-state index contributed by atoms with van der Waals surface area (Å²) in [6.07, 6.45) is 1.74. The monoisotopic (exact) mass is 376 g/mol. The van der Waals surface area contributed by atoms with Gasteiger partial charge in [-0.2, -0.15) is 0 Å². The van der Waals surface area contributed by atoms with Crippen molar-refractivity contribution in [3.63, 3.8) is 0 Å². The number of carbonyl (C=O) groups is 1. The highest BCUT2D eigenvalue weighted by Gasteiger charge is 2.27. The zero-order valence-corrected chi connectivity index (χ0v) is 16.6. The SMILES string of the molecule is C[C@H](CNC(=O)C1CCN(c2nc3ccccc3n2C)CC1)c1ccccc1. The second-order valence-electron chi connectivity index (χ2n) is 7.78. The fourth-order valence-corrected chi connectivity index (χ4v) is 4.05. The Balaban J connectivity index is 1.32. The molecule has 1 saturated heterocycles. The molecule has 0 spiro atoms. The number of hydrogen-bond donors (Lipinski definition) is 1. The van der Waals surface area contributed by atoms with Crippen molar-refractivity contribution in [2.24, 2.45) is 13.0 Å². The summed E-state index contributed by atoms with van der Waals surface area (Å²) < 4.78 is 2.15. The van der Waals surface area contributed by atoms with Crippen molar-refractivity contribution in [2.75, 3.05) is 24.5 Å². The van der Waals surface area contributed by atoms with E-state index in [0.717, 1.165) is 42.9 Å². The molecule has 1 aliphatic heterocycles. The second kappa shape index (κ2) is 8.05. The number of imidazole rings is 1. The Morgan fingerprint density at radius 3 is 2.50 bits per heavy atom. The molecule has 0 aliphatic carbocycles. The number of nitrogens with zero attached hydrogens (tertiary/aromatic N) is 3. The number of amides is 1. The molecule has 5 heteroatoms. The lowest BCUT2D eigenvalue weighted by Crippen LogP contribution is -2.42. The van der Waals surface area contributed by atoms with E-state index in [9.17, 15) is 4.79 Å². The largest absolute Gasteiger partial charge is 0.355 e. The van der Waals surface area contributed by atoms with Gasteiger partial charge in [-0.15, -0.1) is 0 Å². The van der Waals surface area contributed by atoms with E-state index in [2.05, 4.69) is 47.0 Å². The van der Waals surface area contributed by atoms with Gasteiger partial charge >= 0.3 is 0 Å². The van der Waals surface area contributed by atoms with E-state index in [0.29, 0.717) is 12.5 Å². The Kier molecular flexibility index (Phi) is 5.33. The average molecular weight is 377 g/mol. The molecular weight excluding hydrogens is 348 g/mol. The van der Waals surface area contributed by atoms with Crippen LogP contribution in [0, 0.1) is 5.92 Å². The highest BCUT2D eigenvalue weighted by Crippen LogP contribution is 2.26. The molecule has 28 heavy (non-hydrogen) atoms. The number of aromatic nitrogens is 2. The van der Waals surface area contributed by atoms with E-state index in [1.54, 1.807) is 0 Å². The molecule has 2 heterocycles. The number of anilines is 1. The fourth-order valence-electron chi connectivity index (χ4n) is 4.05. The Morgan fingerprint density at radius 2 is 1.79 bits per heavy atom. The first-order valence-corrected chi connectivity index (χ1v) is 10.1. The summed E-state index contributed by atoms with van der Waals surface area (Å²) in [5.74, 6) is 1.60. The molecule has 1 aromatic heterocycles. The smallest absolute Gasteiger partial charge is 0.223 e. The Bertz CT molecular complexity index is 942. The van der Waals surface area contributed by atoms with Gasteiger partial charge in [0.15, 0.2) is 0 Å². The van der Waals surface area contributed by atoms with Gasteiger partial charge in [0.1, 0.15) is 0 Å². The van der Waals surface area contributed by atoms with Crippen LogP contribution in [-0.4, -0.2) is 35.1 Å². The molecule has 2 aromatic carbocycles. The molecule has 1 atom stereocenters. The predicted molar refractivity (Wildman–Crippen MR) is 114 cm³/mol. The molecule has 4 rings (SSSR count). The molecule has 3 aromatic rings. The minimum Gasteiger partial charge on any atom is -0.355 e. The quantitative estimate of drug-likeness (QED) is 0.738. The van der Waals surface area contributed by atoms with Gasteiger partial charge in [-0.3, -0.25) is 4.79 Å².